The number of hydrogen-bond acceptors (Lipinski definition) is 4. The smallest absolute Gasteiger partial charge is 0.338 e. The fourth-order valence-electron chi connectivity index (χ4n) is 2.56. The molecule has 28 heavy (non-hydrogen) atoms. The van der Waals surface area contributed by atoms with Crippen LogP contribution in [0.3, 0.4) is 0 Å². The number of aryl methyl sites for hydroxylation is 1. The molecule has 0 spiro atoms. The Hall–Kier alpha value is -2.96. The molecule has 3 rings (SSSR count). The molecule has 0 heterocycles. The Morgan fingerprint density at radius 3 is 2.32 bits per heavy atom. The van der Waals surface area contributed by atoms with E-state index in [1.54, 1.807) is 0 Å². The van der Waals surface area contributed by atoms with Crippen molar-refractivity contribution in [3.8, 4) is 0 Å². The summed E-state index contributed by atoms with van der Waals surface area (Å²) in [4.78, 5) is 12.3. The van der Waals surface area contributed by atoms with E-state index in [4.69, 9.17) is 4.74 Å². The first-order chi connectivity index (χ1) is 13.4. The van der Waals surface area contributed by atoms with Crippen LogP contribution in [0.1, 0.15) is 27.0 Å². The van der Waals surface area contributed by atoms with Gasteiger partial charge in [0.05, 0.1) is 10.5 Å². The van der Waals surface area contributed by atoms with E-state index in [9.17, 15) is 13.2 Å². The zero-order valence-electron chi connectivity index (χ0n) is 15.5. The van der Waals surface area contributed by atoms with Crippen molar-refractivity contribution in [3.05, 3.63) is 101 Å². The number of sulfonamides is 1. The van der Waals surface area contributed by atoms with E-state index in [1.807, 2.05) is 61.5 Å². The summed E-state index contributed by atoms with van der Waals surface area (Å²) in [6.07, 6.45) is 0. The molecule has 1 N–H and O–H groups in total. The second-order valence-corrected chi connectivity index (χ2v) is 8.17. The summed E-state index contributed by atoms with van der Waals surface area (Å²) in [6, 6.07) is 22.7. The molecule has 0 fully saturated rings. The average Bonchev–Trinajstić information content (AvgIpc) is 2.72. The van der Waals surface area contributed by atoms with Crippen molar-refractivity contribution in [2.45, 2.75) is 25.0 Å². The topological polar surface area (TPSA) is 72.5 Å². The minimum Gasteiger partial charge on any atom is -0.457 e. The Bertz CT molecular complexity index is 1050. The molecule has 0 amide bonds. The van der Waals surface area contributed by atoms with Crippen molar-refractivity contribution in [1.29, 1.82) is 0 Å². The zero-order valence-corrected chi connectivity index (χ0v) is 16.3. The van der Waals surface area contributed by atoms with Crippen LogP contribution in [0.2, 0.25) is 0 Å². The van der Waals surface area contributed by atoms with Crippen molar-refractivity contribution in [1.82, 2.24) is 4.72 Å². The molecule has 0 aliphatic heterocycles. The largest absolute Gasteiger partial charge is 0.457 e. The average molecular weight is 395 g/mol. The van der Waals surface area contributed by atoms with Crippen LogP contribution in [-0.4, -0.2) is 14.4 Å². The second-order valence-electron chi connectivity index (χ2n) is 6.40. The molecule has 0 atom stereocenters. The lowest BCUT2D eigenvalue weighted by molar-refractivity contribution is 0.0472. The summed E-state index contributed by atoms with van der Waals surface area (Å²) in [7, 11) is -3.74. The normalized spacial score (nSPS) is 11.2. The van der Waals surface area contributed by atoms with Gasteiger partial charge >= 0.3 is 5.97 Å². The predicted octanol–water partition coefficient (Wildman–Crippen LogP) is 3.83. The van der Waals surface area contributed by atoms with Crippen LogP contribution in [-0.2, 0) is 27.9 Å². The minimum atomic E-state index is -3.74. The molecule has 3 aromatic carbocycles. The van der Waals surface area contributed by atoms with E-state index in [-0.39, 0.29) is 23.6 Å². The standard InChI is InChI=1S/C22H21NO4S/c1-17-10-12-19(13-11-17)16-27-22(24)20-8-5-9-21(14-20)28(25,26)23-15-18-6-3-2-4-7-18/h2-14,23H,15-16H2,1H3. The van der Waals surface area contributed by atoms with Gasteiger partial charge in [-0.2, -0.15) is 0 Å². The van der Waals surface area contributed by atoms with Gasteiger partial charge in [-0.3, -0.25) is 0 Å². The third-order valence-electron chi connectivity index (χ3n) is 4.18. The van der Waals surface area contributed by atoms with E-state index in [1.165, 1.54) is 24.3 Å². The van der Waals surface area contributed by atoms with Gasteiger partial charge in [-0.25, -0.2) is 17.9 Å². The number of carbonyl (C=O) groups excluding carboxylic acids is 1. The fraction of sp³-hybridized carbons (Fsp3) is 0.136. The van der Waals surface area contributed by atoms with Gasteiger partial charge in [-0.05, 0) is 36.2 Å². The third kappa shape index (κ3) is 5.28. The predicted molar refractivity (Wildman–Crippen MR) is 107 cm³/mol. The maximum absolute atomic E-state index is 12.5. The Labute approximate surface area is 165 Å². The van der Waals surface area contributed by atoms with Gasteiger partial charge in [0, 0.05) is 6.54 Å². The van der Waals surface area contributed by atoms with Gasteiger partial charge < -0.3 is 4.74 Å². The summed E-state index contributed by atoms with van der Waals surface area (Å²) >= 11 is 0. The molecule has 5 nitrogen and oxygen atoms in total. The molecule has 6 heteroatoms. The van der Waals surface area contributed by atoms with Crippen LogP contribution in [0.25, 0.3) is 0 Å². The highest BCUT2D eigenvalue weighted by atomic mass is 32.2. The molecule has 0 aliphatic carbocycles. The van der Waals surface area contributed by atoms with Crippen LogP contribution in [0, 0.1) is 6.92 Å². The van der Waals surface area contributed by atoms with Crippen LogP contribution >= 0.6 is 0 Å². The molecule has 3 aromatic rings. The maximum Gasteiger partial charge on any atom is 0.338 e. The lowest BCUT2D eigenvalue weighted by atomic mass is 10.2. The van der Waals surface area contributed by atoms with Crippen molar-refractivity contribution < 1.29 is 17.9 Å². The molecule has 0 aliphatic rings. The third-order valence-corrected chi connectivity index (χ3v) is 5.58. The van der Waals surface area contributed by atoms with Gasteiger partial charge in [0.15, 0.2) is 0 Å². The first-order valence-corrected chi connectivity index (χ1v) is 10.3. The highest BCUT2D eigenvalue weighted by Crippen LogP contribution is 2.14. The van der Waals surface area contributed by atoms with E-state index in [0.717, 1.165) is 16.7 Å². The van der Waals surface area contributed by atoms with Gasteiger partial charge in [0.2, 0.25) is 10.0 Å². The highest BCUT2D eigenvalue weighted by Gasteiger charge is 2.17. The van der Waals surface area contributed by atoms with Gasteiger partial charge in [0.25, 0.3) is 0 Å². The Morgan fingerprint density at radius 1 is 0.893 bits per heavy atom. The van der Waals surface area contributed by atoms with Crippen molar-refractivity contribution in [2.24, 2.45) is 0 Å². The lowest BCUT2D eigenvalue weighted by Crippen LogP contribution is -2.23. The fourth-order valence-corrected chi connectivity index (χ4v) is 3.63. The van der Waals surface area contributed by atoms with Crippen LogP contribution in [0.4, 0.5) is 0 Å². The molecule has 0 unspecified atom stereocenters. The molecule has 0 saturated heterocycles. The molecule has 144 valence electrons. The number of rotatable bonds is 7. The van der Waals surface area contributed by atoms with E-state index in [2.05, 4.69) is 4.72 Å². The maximum atomic E-state index is 12.5. The van der Waals surface area contributed by atoms with Gasteiger partial charge in [-0.15, -0.1) is 0 Å². The zero-order chi connectivity index (χ0) is 20.0. The lowest BCUT2D eigenvalue weighted by Gasteiger charge is -2.09. The monoisotopic (exact) mass is 395 g/mol. The minimum absolute atomic E-state index is 0.0215. The number of esters is 1. The summed E-state index contributed by atoms with van der Waals surface area (Å²) in [5.41, 5.74) is 3.03. The molecule has 0 bridgehead atoms. The number of hydrogen-bond donors (Lipinski definition) is 1. The number of ether oxygens (including phenoxy) is 1. The SMILES string of the molecule is Cc1ccc(COC(=O)c2cccc(S(=O)(=O)NCc3ccccc3)c2)cc1. The number of benzene rings is 3. The molecular formula is C22H21NO4S. The Balaban J connectivity index is 1.66. The first kappa shape index (κ1) is 19.8. The Kier molecular flexibility index (Phi) is 6.23. The van der Waals surface area contributed by atoms with Crippen molar-refractivity contribution >= 4 is 16.0 Å². The van der Waals surface area contributed by atoms with Crippen molar-refractivity contribution in [3.63, 3.8) is 0 Å². The first-order valence-electron chi connectivity index (χ1n) is 8.80. The van der Waals surface area contributed by atoms with Gasteiger partial charge in [0.1, 0.15) is 6.61 Å². The number of nitrogens with one attached hydrogen (secondary N) is 1. The Morgan fingerprint density at radius 2 is 1.61 bits per heavy atom. The summed E-state index contributed by atoms with van der Waals surface area (Å²) in [5.74, 6) is -0.569. The molecule has 0 aromatic heterocycles. The summed E-state index contributed by atoms with van der Waals surface area (Å²) in [5, 5.41) is 0. The number of carbonyl (C=O) groups is 1. The van der Waals surface area contributed by atoms with E-state index < -0.39 is 16.0 Å². The summed E-state index contributed by atoms with van der Waals surface area (Å²) in [6.45, 7) is 2.28. The molecular weight excluding hydrogens is 374 g/mol. The van der Waals surface area contributed by atoms with E-state index in [0.29, 0.717) is 0 Å². The van der Waals surface area contributed by atoms with Crippen molar-refractivity contribution in [2.75, 3.05) is 0 Å². The molecule has 0 saturated carbocycles. The van der Waals surface area contributed by atoms with E-state index >= 15 is 0 Å². The second kappa shape index (κ2) is 8.82. The highest BCUT2D eigenvalue weighted by molar-refractivity contribution is 7.89. The molecule has 0 radical (unpaired) electrons. The van der Waals surface area contributed by atoms with Crippen LogP contribution < -0.4 is 4.72 Å². The van der Waals surface area contributed by atoms with Crippen LogP contribution in [0.5, 0.6) is 0 Å². The summed E-state index contributed by atoms with van der Waals surface area (Å²) < 4.78 is 32.9. The quantitative estimate of drug-likeness (QED) is 0.617. The van der Waals surface area contributed by atoms with Crippen LogP contribution in [0.15, 0.2) is 83.8 Å². The van der Waals surface area contributed by atoms with Gasteiger partial charge in [-0.1, -0.05) is 66.2 Å².